The van der Waals surface area contributed by atoms with Gasteiger partial charge in [0.1, 0.15) is 5.82 Å². The molecule has 7 heteroatoms. The highest BCUT2D eigenvalue weighted by atomic mass is 35.5. The number of hydrogen-bond donors (Lipinski definition) is 1. The molecule has 0 spiro atoms. The number of amides is 2. The molecule has 1 unspecified atom stereocenters. The quantitative estimate of drug-likeness (QED) is 0.846. The third-order valence-corrected chi connectivity index (χ3v) is 4.64. The first-order valence-corrected chi connectivity index (χ1v) is 8.94. The van der Waals surface area contributed by atoms with Gasteiger partial charge in [-0.3, -0.25) is 9.59 Å². The van der Waals surface area contributed by atoms with E-state index in [0.717, 1.165) is 12.8 Å². The maximum Gasteiger partial charge on any atom is 0.242 e. The van der Waals surface area contributed by atoms with Gasteiger partial charge in [-0.2, -0.15) is 0 Å². The molecule has 0 aliphatic carbocycles. The molecule has 0 aromatic heterocycles. The van der Waals surface area contributed by atoms with Crippen molar-refractivity contribution in [2.24, 2.45) is 5.73 Å². The molecule has 2 N–H and O–H groups in total. The minimum atomic E-state index is -0.852. The van der Waals surface area contributed by atoms with Crippen molar-refractivity contribution in [3.05, 3.63) is 35.6 Å². The molecule has 1 aliphatic heterocycles. The summed E-state index contributed by atoms with van der Waals surface area (Å²) in [5.74, 6) is -0.422. The first-order chi connectivity index (χ1) is 11.8. The summed E-state index contributed by atoms with van der Waals surface area (Å²) in [5, 5.41) is 0. The Hall–Kier alpha value is -1.66. The van der Waals surface area contributed by atoms with Crippen molar-refractivity contribution in [3.8, 4) is 0 Å². The highest BCUT2D eigenvalue weighted by molar-refractivity contribution is 5.86. The van der Waals surface area contributed by atoms with Gasteiger partial charge in [0.05, 0.1) is 12.0 Å². The lowest BCUT2D eigenvalue weighted by Gasteiger charge is -2.31. The van der Waals surface area contributed by atoms with Crippen LogP contribution in [0.15, 0.2) is 24.3 Å². The number of nitrogens with two attached hydrogens (primary N) is 1. The highest BCUT2D eigenvalue weighted by Crippen LogP contribution is 2.15. The van der Waals surface area contributed by atoms with E-state index in [4.69, 9.17) is 5.73 Å². The zero-order valence-electron chi connectivity index (χ0n) is 15.5. The Kier molecular flexibility index (Phi) is 8.50. The number of nitrogens with zero attached hydrogens (tertiary/aromatic N) is 2. The van der Waals surface area contributed by atoms with Crippen molar-refractivity contribution in [2.45, 2.75) is 45.1 Å². The molecule has 2 amide bonds. The predicted octanol–water partition coefficient (Wildman–Crippen LogP) is 2.37. The molecule has 2 rings (SSSR count). The topological polar surface area (TPSA) is 66.6 Å². The Balaban J connectivity index is 0.00000338. The second kappa shape index (κ2) is 9.88. The van der Waals surface area contributed by atoms with Crippen molar-refractivity contribution in [1.82, 2.24) is 9.80 Å². The Labute approximate surface area is 161 Å². The Bertz CT molecular complexity index is 625. The molecule has 1 atom stereocenters. The van der Waals surface area contributed by atoms with Crippen molar-refractivity contribution >= 4 is 24.2 Å². The van der Waals surface area contributed by atoms with Gasteiger partial charge in [0, 0.05) is 26.2 Å². The average Bonchev–Trinajstić information content (AvgIpc) is 2.80. The number of halogens is 2. The third kappa shape index (κ3) is 5.95. The SMILES string of the molecule is CCCC(C)(N)C(=O)N1CCCN(C(=O)Cc2cccc(F)c2)CC1.Cl. The first kappa shape index (κ1) is 22.4. The predicted molar refractivity (Wildman–Crippen MR) is 103 cm³/mol. The van der Waals surface area contributed by atoms with Crippen LogP contribution in [0.4, 0.5) is 4.39 Å². The van der Waals surface area contributed by atoms with Crippen molar-refractivity contribution in [1.29, 1.82) is 0 Å². The standard InChI is InChI=1S/C19H28FN3O2.ClH/c1-3-8-19(2,21)18(25)23-10-5-9-22(11-12-23)17(24)14-15-6-4-7-16(20)13-15;/h4,6-7,13H,3,5,8-12,14,21H2,1-2H3;1H. The normalized spacial score (nSPS) is 17.1. The van der Waals surface area contributed by atoms with Gasteiger partial charge in [-0.1, -0.05) is 25.5 Å². The fourth-order valence-corrected chi connectivity index (χ4v) is 3.29. The molecule has 1 aromatic rings. The summed E-state index contributed by atoms with van der Waals surface area (Å²) in [6.07, 6.45) is 2.40. The monoisotopic (exact) mass is 385 g/mol. The molecule has 1 saturated heterocycles. The van der Waals surface area contributed by atoms with Crippen molar-refractivity contribution in [2.75, 3.05) is 26.2 Å². The van der Waals surface area contributed by atoms with E-state index >= 15 is 0 Å². The average molecular weight is 386 g/mol. The van der Waals surface area contributed by atoms with Crippen molar-refractivity contribution < 1.29 is 14.0 Å². The van der Waals surface area contributed by atoms with E-state index in [2.05, 4.69) is 0 Å². The summed E-state index contributed by atoms with van der Waals surface area (Å²) in [7, 11) is 0. The van der Waals surface area contributed by atoms with Gasteiger partial charge in [-0.25, -0.2) is 4.39 Å². The number of carbonyl (C=O) groups excluding carboxylic acids is 2. The van der Waals surface area contributed by atoms with Gasteiger partial charge in [0.15, 0.2) is 0 Å². The summed E-state index contributed by atoms with van der Waals surface area (Å²) in [6, 6.07) is 6.11. The summed E-state index contributed by atoms with van der Waals surface area (Å²) in [5.41, 5.74) is 5.97. The van der Waals surface area contributed by atoms with Crippen LogP contribution in [0, 0.1) is 5.82 Å². The molecule has 0 radical (unpaired) electrons. The van der Waals surface area contributed by atoms with E-state index in [1.807, 2.05) is 6.92 Å². The molecule has 0 saturated carbocycles. The lowest BCUT2D eigenvalue weighted by atomic mass is 9.95. The van der Waals surface area contributed by atoms with Crippen LogP contribution in [0.2, 0.25) is 0 Å². The first-order valence-electron chi connectivity index (χ1n) is 8.94. The van der Waals surface area contributed by atoms with E-state index in [1.54, 1.807) is 28.9 Å². The summed E-state index contributed by atoms with van der Waals surface area (Å²) in [6.45, 7) is 5.97. The molecule has 1 heterocycles. The molecular weight excluding hydrogens is 357 g/mol. The van der Waals surface area contributed by atoms with E-state index in [1.165, 1.54) is 12.1 Å². The minimum Gasteiger partial charge on any atom is -0.341 e. The van der Waals surface area contributed by atoms with Crippen LogP contribution in [0.5, 0.6) is 0 Å². The van der Waals surface area contributed by atoms with Crippen LogP contribution in [-0.4, -0.2) is 53.3 Å². The number of hydrogen-bond acceptors (Lipinski definition) is 3. The minimum absolute atomic E-state index is 0. The van der Waals surface area contributed by atoms with Gasteiger partial charge < -0.3 is 15.5 Å². The van der Waals surface area contributed by atoms with E-state index in [0.29, 0.717) is 38.2 Å². The maximum absolute atomic E-state index is 13.3. The Morgan fingerprint density at radius 3 is 2.50 bits per heavy atom. The van der Waals surface area contributed by atoms with E-state index in [9.17, 15) is 14.0 Å². The molecule has 0 bridgehead atoms. The second-order valence-corrected chi connectivity index (χ2v) is 7.00. The van der Waals surface area contributed by atoms with Crippen LogP contribution in [-0.2, 0) is 16.0 Å². The second-order valence-electron chi connectivity index (χ2n) is 7.00. The fourth-order valence-electron chi connectivity index (χ4n) is 3.29. The zero-order chi connectivity index (χ0) is 18.4. The van der Waals surface area contributed by atoms with Crippen LogP contribution in [0.25, 0.3) is 0 Å². The molecule has 1 aromatic carbocycles. The maximum atomic E-state index is 13.3. The van der Waals surface area contributed by atoms with Gasteiger partial charge in [0.25, 0.3) is 0 Å². The zero-order valence-corrected chi connectivity index (χ0v) is 16.4. The van der Waals surface area contributed by atoms with Gasteiger partial charge in [-0.15, -0.1) is 12.4 Å². The lowest BCUT2D eigenvalue weighted by Crippen LogP contribution is -2.54. The van der Waals surface area contributed by atoms with E-state index in [-0.39, 0.29) is 36.5 Å². The van der Waals surface area contributed by atoms with Gasteiger partial charge >= 0.3 is 0 Å². The number of benzene rings is 1. The molecule has 1 fully saturated rings. The van der Waals surface area contributed by atoms with Crippen LogP contribution in [0.3, 0.4) is 0 Å². The Morgan fingerprint density at radius 1 is 1.19 bits per heavy atom. The van der Waals surface area contributed by atoms with E-state index < -0.39 is 5.54 Å². The number of carbonyl (C=O) groups is 2. The van der Waals surface area contributed by atoms with Gasteiger partial charge in [0.2, 0.25) is 11.8 Å². The smallest absolute Gasteiger partial charge is 0.242 e. The van der Waals surface area contributed by atoms with Gasteiger partial charge in [-0.05, 0) is 37.5 Å². The molecule has 26 heavy (non-hydrogen) atoms. The number of rotatable bonds is 5. The molecule has 146 valence electrons. The molecule has 5 nitrogen and oxygen atoms in total. The summed E-state index contributed by atoms with van der Waals surface area (Å²) in [4.78, 5) is 28.6. The summed E-state index contributed by atoms with van der Waals surface area (Å²) < 4.78 is 13.3. The lowest BCUT2D eigenvalue weighted by molar-refractivity contribution is -0.137. The largest absolute Gasteiger partial charge is 0.341 e. The van der Waals surface area contributed by atoms with Crippen molar-refractivity contribution in [3.63, 3.8) is 0 Å². The Morgan fingerprint density at radius 2 is 1.85 bits per heavy atom. The highest BCUT2D eigenvalue weighted by Gasteiger charge is 2.33. The summed E-state index contributed by atoms with van der Waals surface area (Å²) >= 11 is 0. The fraction of sp³-hybridized carbons (Fsp3) is 0.579. The van der Waals surface area contributed by atoms with Crippen LogP contribution < -0.4 is 5.73 Å². The van der Waals surface area contributed by atoms with Crippen LogP contribution in [0.1, 0.15) is 38.7 Å². The molecular formula is C19H29ClFN3O2. The third-order valence-electron chi connectivity index (χ3n) is 4.64. The molecule has 1 aliphatic rings. The van der Waals surface area contributed by atoms with Crippen LogP contribution >= 0.6 is 12.4 Å².